The molecule has 0 unspecified atom stereocenters. The normalized spacial score (nSPS) is 10.7. The van der Waals surface area contributed by atoms with Crippen LogP contribution in [0, 0.1) is 0 Å². The van der Waals surface area contributed by atoms with Gasteiger partial charge in [-0.05, 0) is 42.7 Å². The van der Waals surface area contributed by atoms with Gasteiger partial charge in [-0.15, -0.1) is 16.9 Å². The van der Waals surface area contributed by atoms with Gasteiger partial charge >= 0.3 is 0 Å². The van der Waals surface area contributed by atoms with Gasteiger partial charge in [0.25, 0.3) is 5.91 Å². The standard InChI is InChI=1S/C19H18Cl2N4O3S/c1-27-15-5-4-11(6-16(15)28-2)17-18(25(10-29-3)24-23-17)19(26)22-14-8-12(20)7-13(21)9-14/h4-9H,10H2,1-3H3,(H,22,26). The highest BCUT2D eigenvalue weighted by Gasteiger charge is 2.23. The van der Waals surface area contributed by atoms with Crippen molar-refractivity contribution in [3.8, 4) is 22.8 Å². The smallest absolute Gasteiger partial charge is 0.276 e. The van der Waals surface area contributed by atoms with E-state index in [1.807, 2.05) is 6.26 Å². The van der Waals surface area contributed by atoms with Gasteiger partial charge in [0.05, 0.1) is 20.1 Å². The number of hydrogen-bond acceptors (Lipinski definition) is 6. The molecule has 3 rings (SSSR count). The van der Waals surface area contributed by atoms with Crippen LogP contribution in [0.5, 0.6) is 11.5 Å². The summed E-state index contributed by atoms with van der Waals surface area (Å²) in [6.45, 7) is 0. The molecular formula is C19H18Cl2N4O3S. The average molecular weight is 453 g/mol. The largest absolute Gasteiger partial charge is 0.493 e. The summed E-state index contributed by atoms with van der Waals surface area (Å²) in [4.78, 5) is 13.1. The van der Waals surface area contributed by atoms with Gasteiger partial charge in [-0.25, -0.2) is 4.68 Å². The Labute approximate surface area is 182 Å². The fraction of sp³-hybridized carbons (Fsp3) is 0.211. The summed E-state index contributed by atoms with van der Waals surface area (Å²) in [6, 6.07) is 10.1. The lowest BCUT2D eigenvalue weighted by Crippen LogP contribution is -2.18. The van der Waals surface area contributed by atoms with E-state index in [2.05, 4.69) is 15.6 Å². The lowest BCUT2D eigenvalue weighted by molar-refractivity contribution is 0.101. The maximum Gasteiger partial charge on any atom is 0.276 e. The molecule has 1 N–H and O–H groups in total. The topological polar surface area (TPSA) is 78.3 Å². The second-order valence-corrected chi connectivity index (χ2v) is 7.59. The van der Waals surface area contributed by atoms with Gasteiger partial charge in [0.1, 0.15) is 5.69 Å². The second kappa shape index (κ2) is 9.39. The number of carbonyl (C=O) groups excluding carboxylic acids is 1. The van der Waals surface area contributed by atoms with E-state index >= 15 is 0 Å². The van der Waals surface area contributed by atoms with Gasteiger partial charge < -0.3 is 14.8 Å². The number of thioether (sulfide) groups is 1. The van der Waals surface area contributed by atoms with Crippen LogP contribution >= 0.6 is 35.0 Å². The van der Waals surface area contributed by atoms with E-state index in [-0.39, 0.29) is 5.91 Å². The molecule has 2 aromatic carbocycles. The summed E-state index contributed by atoms with van der Waals surface area (Å²) in [6.07, 6.45) is 1.91. The molecule has 0 spiro atoms. The first-order valence-electron chi connectivity index (χ1n) is 8.39. The van der Waals surface area contributed by atoms with E-state index in [0.29, 0.717) is 50.1 Å². The van der Waals surface area contributed by atoms with Gasteiger partial charge in [-0.2, -0.15) is 0 Å². The van der Waals surface area contributed by atoms with Crippen LogP contribution in [0.25, 0.3) is 11.3 Å². The maximum absolute atomic E-state index is 13.1. The highest BCUT2D eigenvalue weighted by molar-refractivity contribution is 7.97. The zero-order valence-corrected chi connectivity index (χ0v) is 18.2. The molecule has 0 aliphatic heterocycles. The van der Waals surface area contributed by atoms with Crippen molar-refractivity contribution < 1.29 is 14.3 Å². The Balaban J connectivity index is 2.03. The minimum Gasteiger partial charge on any atom is -0.493 e. The Bertz CT molecular complexity index is 1020. The molecule has 29 heavy (non-hydrogen) atoms. The predicted molar refractivity (Wildman–Crippen MR) is 116 cm³/mol. The minimum atomic E-state index is -0.382. The van der Waals surface area contributed by atoms with Gasteiger partial charge in [0, 0.05) is 21.3 Å². The molecule has 0 radical (unpaired) electrons. The number of carbonyl (C=O) groups is 1. The Kier molecular flexibility index (Phi) is 6.89. The first kappa shape index (κ1) is 21.3. The molecule has 0 atom stereocenters. The van der Waals surface area contributed by atoms with Crippen LogP contribution in [0.4, 0.5) is 5.69 Å². The summed E-state index contributed by atoms with van der Waals surface area (Å²) in [5.41, 5.74) is 1.88. The molecule has 0 saturated carbocycles. The Morgan fingerprint density at radius 2 is 1.79 bits per heavy atom. The van der Waals surface area contributed by atoms with E-state index < -0.39 is 0 Å². The van der Waals surface area contributed by atoms with Crippen molar-refractivity contribution in [1.29, 1.82) is 0 Å². The van der Waals surface area contributed by atoms with Crippen molar-refractivity contribution in [1.82, 2.24) is 15.0 Å². The summed E-state index contributed by atoms with van der Waals surface area (Å²) in [5, 5.41) is 12.0. The number of nitrogens with one attached hydrogen (secondary N) is 1. The molecule has 1 amide bonds. The third-order valence-electron chi connectivity index (χ3n) is 3.98. The number of benzene rings is 2. The third-order valence-corrected chi connectivity index (χ3v) is 4.92. The SMILES string of the molecule is COc1ccc(-c2nnn(CSC)c2C(=O)Nc2cc(Cl)cc(Cl)c2)cc1OC. The number of amides is 1. The number of nitrogens with zero attached hydrogens (tertiary/aromatic N) is 3. The Morgan fingerprint density at radius 1 is 1.10 bits per heavy atom. The van der Waals surface area contributed by atoms with Gasteiger partial charge in [-0.3, -0.25) is 4.79 Å². The summed E-state index contributed by atoms with van der Waals surface area (Å²) in [7, 11) is 3.10. The van der Waals surface area contributed by atoms with Crippen molar-refractivity contribution in [2.75, 3.05) is 25.8 Å². The van der Waals surface area contributed by atoms with Gasteiger partial charge in [0.2, 0.25) is 0 Å². The molecule has 1 heterocycles. The van der Waals surface area contributed by atoms with Crippen molar-refractivity contribution in [3.05, 3.63) is 52.1 Å². The quantitative estimate of drug-likeness (QED) is 0.552. The van der Waals surface area contributed by atoms with Crippen LogP contribution in [0.15, 0.2) is 36.4 Å². The van der Waals surface area contributed by atoms with Gasteiger partial charge in [0.15, 0.2) is 17.2 Å². The Hall–Kier alpha value is -2.42. The van der Waals surface area contributed by atoms with Crippen LogP contribution in [0.3, 0.4) is 0 Å². The van der Waals surface area contributed by atoms with E-state index in [1.54, 1.807) is 50.6 Å². The summed E-state index contributed by atoms with van der Waals surface area (Å²) in [5.74, 6) is 1.18. The van der Waals surface area contributed by atoms with E-state index in [4.69, 9.17) is 32.7 Å². The lowest BCUT2D eigenvalue weighted by atomic mass is 10.1. The zero-order valence-electron chi connectivity index (χ0n) is 15.9. The number of ether oxygens (including phenoxy) is 2. The third kappa shape index (κ3) is 4.77. The maximum atomic E-state index is 13.1. The van der Waals surface area contributed by atoms with E-state index in [0.717, 1.165) is 0 Å². The first-order valence-corrected chi connectivity index (χ1v) is 10.5. The number of rotatable bonds is 7. The number of anilines is 1. The van der Waals surface area contributed by atoms with Crippen LogP contribution in [0.1, 0.15) is 10.5 Å². The van der Waals surface area contributed by atoms with Gasteiger partial charge in [-0.1, -0.05) is 28.4 Å². The van der Waals surface area contributed by atoms with E-state index in [9.17, 15) is 4.79 Å². The van der Waals surface area contributed by atoms with Crippen LogP contribution in [-0.4, -0.2) is 41.4 Å². The first-order chi connectivity index (χ1) is 14.0. The van der Waals surface area contributed by atoms with Crippen molar-refractivity contribution in [3.63, 3.8) is 0 Å². The zero-order chi connectivity index (χ0) is 21.0. The molecule has 7 nitrogen and oxygen atoms in total. The van der Waals surface area contributed by atoms with E-state index in [1.165, 1.54) is 16.4 Å². The van der Waals surface area contributed by atoms with Crippen molar-refractivity contribution in [2.45, 2.75) is 5.88 Å². The molecule has 3 aromatic rings. The highest BCUT2D eigenvalue weighted by Crippen LogP contribution is 2.33. The number of methoxy groups -OCH3 is 2. The number of hydrogen-bond donors (Lipinski definition) is 1. The Morgan fingerprint density at radius 3 is 2.41 bits per heavy atom. The number of halogens is 2. The molecule has 0 saturated heterocycles. The molecule has 152 valence electrons. The molecule has 1 aromatic heterocycles. The van der Waals surface area contributed by atoms with Crippen LogP contribution < -0.4 is 14.8 Å². The van der Waals surface area contributed by atoms with Crippen LogP contribution in [0.2, 0.25) is 10.0 Å². The monoisotopic (exact) mass is 452 g/mol. The second-order valence-electron chi connectivity index (χ2n) is 5.89. The summed E-state index contributed by atoms with van der Waals surface area (Å²) >= 11 is 13.6. The molecule has 0 fully saturated rings. The molecule has 0 aliphatic carbocycles. The fourth-order valence-electron chi connectivity index (χ4n) is 2.74. The minimum absolute atomic E-state index is 0.308. The van der Waals surface area contributed by atoms with Crippen molar-refractivity contribution in [2.24, 2.45) is 0 Å². The molecular weight excluding hydrogens is 435 g/mol. The fourth-order valence-corrected chi connectivity index (χ4v) is 3.70. The van der Waals surface area contributed by atoms with Crippen molar-refractivity contribution >= 4 is 46.6 Å². The van der Waals surface area contributed by atoms with Crippen LogP contribution in [-0.2, 0) is 5.88 Å². The number of aromatic nitrogens is 3. The molecule has 0 bridgehead atoms. The lowest BCUT2D eigenvalue weighted by Gasteiger charge is -2.11. The molecule has 0 aliphatic rings. The highest BCUT2D eigenvalue weighted by atomic mass is 35.5. The molecule has 10 heteroatoms. The predicted octanol–water partition coefficient (Wildman–Crippen LogP) is 4.84. The average Bonchev–Trinajstić information content (AvgIpc) is 3.10. The summed E-state index contributed by atoms with van der Waals surface area (Å²) < 4.78 is 12.2.